The van der Waals surface area contributed by atoms with Crippen LogP contribution in [0.3, 0.4) is 0 Å². The Kier molecular flexibility index (Phi) is 4.59. The summed E-state index contributed by atoms with van der Waals surface area (Å²) in [6.07, 6.45) is -0.0507. The van der Waals surface area contributed by atoms with Gasteiger partial charge in [-0.1, -0.05) is 12.1 Å². The number of aliphatic hydroxyl groups is 1. The van der Waals surface area contributed by atoms with Crippen LogP contribution in [-0.2, 0) is 15.2 Å². The number of methoxy groups -OCH3 is 1. The molecule has 1 aromatic carbocycles. The predicted octanol–water partition coefficient (Wildman–Crippen LogP) is -0.0501. The van der Waals surface area contributed by atoms with E-state index in [-0.39, 0.29) is 12.3 Å². The number of ketones is 1. The lowest BCUT2D eigenvalue weighted by Gasteiger charge is -2.27. The maximum Gasteiger partial charge on any atom is 0.237 e. The van der Waals surface area contributed by atoms with Gasteiger partial charge in [0.25, 0.3) is 0 Å². The predicted molar refractivity (Wildman–Crippen MR) is 77.0 cm³/mol. The van der Waals surface area contributed by atoms with Gasteiger partial charge in [-0.15, -0.1) is 0 Å². The van der Waals surface area contributed by atoms with E-state index in [4.69, 9.17) is 4.74 Å². The van der Waals surface area contributed by atoms with Crippen molar-refractivity contribution in [1.82, 2.24) is 10.6 Å². The van der Waals surface area contributed by atoms with Crippen molar-refractivity contribution in [3.63, 3.8) is 0 Å². The number of hydrogen-bond donors (Lipinski definition) is 3. The lowest BCUT2D eigenvalue weighted by atomic mass is 9.87. The molecule has 1 fully saturated rings. The molecule has 2 rings (SSSR count). The van der Waals surface area contributed by atoms with Gasteiger partial charge in [-0.3, -0.25) is 9.59 Å². The Morgan fingerprint density at radius 2 is 2.05 bits per heavy atom. The summed E-state index contributed by atoms with van der Waals surface area (Å²) in [6.45, 7) is 2.62. The van der Waals surface area contributed by atoms with Gasteiger partial charge in [-0.05, 0) is 24.6 Å². The smallest absolute Gasteiger partial charge is 0.237 e. The normalized spacial score (nSPS) is 21.3. The Bertz CT molecular complexity index is 525. The first-order chi connectivity index (χ1) is 9.95. The van der Waals surface area contributed by atoms with E-state index >= 15 is 0 Å². The van der Waals surface area contributed by atoms with Crippen molar-refractivity contribution in [2.45, 2.75) is 25.0 Å². The number of carbonyl (C=O) groups is 2. The fourth-order valence-electron chi connectivity index (χ4n) is 2.27. The third-order valence-corrected chi connectivity index (χ3v) is 3.72. The topological polar surface area (TPSA) is 87.7 Å². The van der Waals surface area contributed by atoms with E-state index in [0.29, 0.717) is 24.4 Å². The zero-order valence-corrected chi connectivity index (χ0v) is 12.2. The van der Waals surface area contributed by atoms with E-state index < -0.39 is 17.4 Å². The number of Topliss-reactive ketones (excluding diaryl/α,β-unsaturated/α-hetero) is 1. The van der Waals surface area contributed by atoms with E-state index in [1.165, 1.54) is 6.92 Å². The molecule has 1 amide bonds. The average molecular weight is 292 g/mol. The highest BCUT2D eigenvalue weighted by atomic mass is 16.5. The summed E-state index contributed by atoms with van der Waals surface area (Å²) < 4.78 is 5.05. The Hall–Kier alpha value is -1.92. The summed E-state index contributed by atoms with van der Waals surface area (Å²) >= 11 is 0. The molecule has 6 heteroatoms. The van der Waals surface area contributed by atoms with Crippen LogP contribution in [0.2, 0.25) is 0 Å². The molecule has 1 saturated heterocycles. The summed E-state index contributed by atoms with van der Waals surface area (Å²) in [5, 5.41) is 16.2. The third-order valence-electron chi connectivity index (χ3n) is 3.72. The summed E-state index contributed by atoms with van der Waals surface area (Å²) in [6, 6.07) is 6.07. The first-order valence-electron chi connectivity index (χ1n) is 6.86. The first kappa shape index (κ1) is 15.5. The molecule has 0 aromatic heterocycles. The van der Waals surface area contributed by atoms with Gasteiger partial charge >= 0.3 is 0 Å². The van der Waals surface area contributed by atoms with Gasteiger partial charge in [0.15, 0.2) is 5.78 Å². The molecular weight excluding hydrogens is 272 g/mol. The highest BCUT2D eigenvalue weighted by molar-refractivity contribution is 5.94. The van der Waals surface area contributed by atoms with Gasteiger partial charge in [0.2, 0.25) is 5.91 Å². The quantitative estimate of drug-likeness (QED) is 0.708. The van der Waals surface area contributed by atoms with Crippen molar-refractivity contribution in [2.24, 2.45) is 0 Å². The molecule has 1 aliphatic heterocycles. The molecule has 6 nitrogen and oxygen atoms in total. The molecule has 3 N–H and O–H groups in total. The second-order valence-electron chi connectivity index (χ2n) is 5.23. The van der Waals surface area contributed by atoms with Crippen LogP contribution in [0.25, 0.3) is 0 Å². The standard InChI is InChI=1S/C15H20N2O4/c1-15(20,10-3-5-11(21-2)6-4-10)13(18)9-12-14(19)17-8-7-16-12/h3-6,12,16,20H,7-9H2,1-2H3,(H,17,19)/t12-,15-/m1/s1. The number of hydrogen-bond acceptors (Lipinski definition) is 5. The van der Waals surface area contributed by atoms with Crippen molar-refractivity contribution < 1.29 is 19.4 Å². The van der Waals surface area contributed by atoms with Crippen molar-refractivity contribution in [2.75, 3.05) is 20.2 Å². The molecule has 1 aromatic rings. The molecule has 1 heterocycles. The van der Waals surface area contributed by atoms with Crippen LogP contribution >= 0.6 is 0 Å². The number of rotatable bonds is 5. The molecular formula is C15H20N2O4. The number of carbonyl (C=O) groups excluding carboxylic acids is 2. The fourth-order valence-corrected chi connectivity index (χ4v) is 2.27. The monoisotopic (exact) mass is 292 g/mol. The van der Waals surface area contributed by atoms with E-state index in [0.717, 1.165) is 0 Å². The third kappa shape index (κ3) is 3.40. The molecule has 2 atom stereocenters. The molecule has 0 radical (unpaired) electrons. The molecule has 0 unspecified atom stereocenters. The second kappa shape index (κ2) is 6.24. The fraction of sp³-hybridized carbons (Fsp3) is 0.467. The second-order valence-corrected chi connectivity index (χ2v) is 5.23. The van der Waals surface area contributed by atoms with Crippen LogP contribution in [-0.4, -0.2) is 43.0 Å². The Morgan fingerprint density at radius 3 is 2.62 bits per heavy atom. The lowest BCUT2D eigenvalue weighted by Crippen LogP contribution is -2.54. The Balaban J connectivity index is 2.09. The highest BCUT2D eigenvalue weighted by Gasteiger charge is 2.35. The Labute approximate surface area is 123 Å². The van der Waals surface area contributed by atoms with Gasteiger partial charge in [0, 0.05) is 19.5 Å². The number of amides is 1. The Morgan fingerprint density at radius 1 is 1.38 bits per heavy atom. The SMILES string of the molecule is COc1ccc([C@@](C)(O)C(=O)C[C@H]2NCCNC2=O)cc1. The lowest BCUT2D eigenvalue weighted by molar-refractivity contribution is -0.139. The average Bonchev–Trinajstić information content (AvgIpc) is 2.49. The largest absolute Gasteiger partial charge is 0.497 e. The van der Waals surface area contributed by atoms with E-state index in [2.05, 4.69) is 10.6 Å². The maximum atomic E-state index is 12.3. The first-order valence-corrected chi connectivity index (χ1v) is 6.86. The molecule has 1 aliphatic rings. The summed E-state index contributed by atoms with van der Waals surface area (Å²) in [5.74, 6) is 0.0395. The molecule has 0 spiro atoms. The van der Waals surface area contributed by atoms with E-state index in [9.17, 15) is 14.7 Å². The van der Waals surface area contributed by atoms with Crippen molar-refractivity contribution >= 4 is 11.7 Å². The van der Waals surface area contributed by atoms with Crippen LogP contribution < -0.4 is 15.4 Å². The molecule has 0 bridgehead atoms. The van der Waals surface area contributed by atoms with Gasteiger partial charge in [0.05, 0.1) is 13.2 Å². The number of benzene rings is 1. The molecule has 0 saturated carbocycles. The molecule has 0 aliphatic carbocycles. The van der Waals surface area contributed by atoms with E-state index in [1.807, 2.05) is 0 Å². The van der Waals surface area contributed by atoms with Gasteiger partial charge in [0.1, 0.15) is 11.4 Å². The van der Waals surface area contributed by atoms with Crippen LogP contribution in [0.4, 0.5) is 0 Å². The number of ether oxygens (including phenoxy) is 1. The molecule has 114 valence electrons. The zero-order chi connectivity index (χ0) is 15.5. The van der Waals surface area contributed by atoms with Crippen LogP contribution in [0.5, 0.6) is 5.75 Å². The summed E-state index contributed by atoms with van der Waals surface area (Å²) in [4.78, 5) is 24.0. The van der Waals surface area contributed by atoms with Crippen LogP contribution in [0, 0.1) is 0 Å². The van der Waals surface area contributed by atoms with Crippen LogP contribution in [0.15, 0.2) is 24.3 Å². The minimum absolute atomic E-state index is 0.0507. The van der Waals surface area contributed by atoms with E-state index in [1.54, 1.807) is 31.4 Å². The van der Waals surface area contributed by atoms with Gasteiger partial charge in [-0.25, -0.2) is 0 Å². The molecule has 21 heavy (non-hydrogen) atoms. The number of nitrogens with one attached hydrogen (secondary N) is 2. The highest BCUT2D eigenvalue weighted by Crippen LogP contribution is 2.25. The number of piperazine rings is 1. The summed E-state index contributed by atoms with van der Waals surface area (Å²) in [7, 11) is 1.55. The summed E-state index contributed by atoms with van der Waals surface area (Å²) in [5.41, 5.74) is -1.16. The zero-order valence-electron chi connectivity index (χ0n) is 12.2. The minimum atomic E-state index is -1.63. The van der Waals surface area contributed by atoms with Gasteiger partial charge in [-0.2, -0.15) is 0 Å². The van der Waals surface area contributed by atoms with Crippen molar-refractivity contribution in [3.05, 3.63) is 29.8 Å². The van der Waals surface area contributed by atoms with Gasteiger partial charge < -0.3 is 20.5 Å². The van der Waals surface area contributed by atoms with Crippen molar-refractivity contribution in [3.8, 4) is 5.75 Å². The van der Waals surface area contributed by atoms with Crippen LogP contribution in [0.1, 0.15) is 18.9 Å². The maximum absolute atomic E-state index is 12.3. The van der Waals surface area contributed by atoms with Crippen molar-refractivity contribution in [1.29, 1.82) is 0 Å². The minimum Gasteiger partial charge on any atom is -0.497 e.